The van der Waals surface area contributed by atoms with E-state index in [1.54, 1.807) is 72.8 Å². The lowest BCUT2D eigenvalue weighted by Crippen LogP contribution is -2.32. The van der Waals surface area contributed by atoms with Gasteiger partial charge in [0.1, 0.15) is 5.70 Å². The van der Waals surface area contributed by atoms with Gasteiger partial charge < -0.3 is 10.6 Å². The van der Waals surface area contributed by atoms with Crippen molar-refractivity contribution < 1.29 is 19.2 Å². The standard InChI is InChI=1S/C34H27Cl2N3O4S/c1-20-8-6-9-21(2)31(20)39-29(40)19-28(34(39)43)44-25-16-14-24(15-17-25)37-33(42)27(18-23-12-7-13-26(35)30(23)36)38-32(41)22-10-4-3-5-11-22/h3-18,28H,19H2,1-2H3,(H,37,42)(H,38,41)/b27-18-. The zero-order chi connectivity index (χ0) is 31.4. The molecule has 4 amide bonds. The van der Waals surface area contributed by atoms with Gasteiger partial charge in [-0.2, -0.15) is 0 Å². The molecule has 7 nitrogen and oxygen atoms in total. The molecule has 10 heteroatoms. The molecule has 0 spiro atoms. The van der Waals surface area contributed by atoms with Crippen molar-refractivity contribution in [3.05, 3.63) is 129 Å². The summed E-state index contributed by atoms with van der Waals surface area (Å²) < 4.78 is 0. The van der Waals surface area contributed by atoms with Gasteiger partial charge in [-0.1, -0.05) is 71.7 Å². The number of halogens is 2. The molecule has 2 N–H and O–H groups in total. The van der Waals surface area contributed by atoms with Crippen LogP contribution in [0.15, 0.2) is 102 Å². The van der Waals surface area contributed by atoms with E-state index in [4.69, 9.17) is 23.2 Å². The third-order valence-electron chi connectivity index (χ3n) is 6.97. The number of benzene rings is 4. The Balaban J connectivity index is 1.31. The second kappa shape index (κ2) is 13.5. The van der Waals surface area contributed by atoms with Gasteiger partial charge in [0.25, 0.3) is 11.8 Å². The molecule has 1 heterocycles. The molecule has 1 unspecified atom stereocenters. The molecule has 222 valence electrons. The number of para-hydroxylation sites is 1. The van der Waals surface area contributed by atoms with E-state index in [9.17, 15) is 19.2 Å². The second-order valence-electron chi connectivity index (χ2n) is 10.1. The zero-order valence-electron chi connectivity index (χ0n) is 23.8. The quantitative estimate of drug-likeness (QED) is 0.154. The number of hydrogen-bond acceptors (Lipinski definition) is 5. The summed E-state index contributed by atoms with van der Waals surface area (Å²) >= 11 is 13.8. The third kappa shape index (κ3) is 6.89. The predicted molar refractivity (Wildman–Crippen MR) is 176 cm³/mol. The SMILES string of the molecule is Cc1cccc(C)c1N1C(=O)CC(Sc2ccc(NC(=O)/C(=C/c3cccc(Cl)c3Cl)NC(=O)c3ccccc3)cc2)C1=O. The van der Waals surface area contributed by atoms with Gasteiger partial charge >= 0.3 is 0 Å². The molecule has 0 saturated carbocycles. The van der Waals surface area contributed by atoms with Crippen molar-refractivity contribution in [2.75, 3.05) is 10.2 Å². The van der Waals surface area contributed by atoms with Crippen LogP contribution in [0.2, 0.25) is 10.0 Å². The van der Waals surface area contributed by atoms with E-state index in [0.29, 0.717) is 27.5 Å². The van der Waals surface area contributed by atoms with Gasteiger partial charge in [-0.05, 0) is 79.1 Å². The topological polar surface area (TPSA) is 95.6 Å². The van der Waals surface area contributed by atoms with E-state index in [1.165, 1.54) is 22.7 Å². The first-order valence-electron chi connectivity index (χ1n) is 13.7. The summed E-state index contributed by atoms with van der Waals surface area (Å²) in [6.45, 7) is 3.77. The molecular formula is C34H27Cl2N3O4S. The highest BCUT2D eigenvalue weighted by Gasteiger charge is 2.41. The number of carbonyl (C=O) groups is 4. The monoisotopic (exact) mass is 643 g/mol. The highest BCUT2D eigenvalue weighted by molar-refractivity contribution is 8.00. The summed E-state index contributed by atoms with van der Waals surface area (Å²) in [4.78, 5) is 54.5. The Labute approximate surface area is 269 Å². The molecule has 5 rings (SSSR count). The zero-order valence-corrected chi connectivity index (χ0v) is 26.1. The highest BCUT2D eigenvalue weighted by Crippen LogP contribution is 2.37. The number of aryl methyl sites for hydroxylation is 2. The van der Waals surface area contributed by atoms with Crippen LogP contribution in [0.3, 0.4) is 0 Å². The van der Waals surface area contributed by atoms with Gasteiger partial charge in [0.2, 0.25) is 11.8 Å². The maximum Gasteiger partial charge on any atom is 0.272 e. The molecule has 1 aliphatic rings. The minimum absolute atomic E-state index is 0.0388. The van der Waals surface area contributed by atoms with Gasteiger partial charge in [0.05, 0.1) is 21.0 Å². The van der Waals surface area contributed by atoms with Crippen molar-refractivity contribution in [2.45, 2.75) is 30.4 Å². The fourth-order valence-corrected chi connectivity index (χ4v) is 6.22. The van der Waals surface area contributed by atoms with Crippen LogP contribution in [-0.2, 0) is 14.4 Å². The predicted octanol–water partition coefficient (Wildman–Crippen LogP) is 7.44. The first kappa shape index (κ1) is 31.1. The molecule has 0 aliphatic carbocycles. The average molecular weight is 645 g/mol. The van der Waals surface area contributed by atoms with E-state index in [2.05, 4.69) is 10.6 Å². The molecule has 44 heavy (non-hydrogen) atoms. The number of anilines is 2. The minimum atomic E-state index is -0.577. The molecule has 4 aromatic rings. The number of hydrogen-bond donors (Lipinski definition) is 2. The number of imide groups is 1. The summed E-state index contributed by atoms with van der Waals surface area (Å²) in [7, 11) is 0. The maximum atomic E-state index is 13.4. The van der Waals surface area contributed by atoms with Crippen molar-refractivity contribution in [3.63, 3.8) is 0 Å². The fraction of sp³-hybridized carbons (Fsp3) is 0.118. The first-order chi connectivity index (χ1) is 21.1. The number of rotatable bonds is 8. The maximum absolute atomic E-state index is 13.4. The number of nitrogens with one attached hydrogen (secondary N) is 2. The van der Waals surface area contributed by atoms with Crippen LogP contribution >= 0.6 is 35.0 Å². The summed E-state index contributed by atoms with van der Waals surface area (Å²) in [5, 5.41) is 5.45. The Morgan fingerprint density at radius 1 is 0.864 bits per heavy atom. The van der Waals surface area contributed by atoms with E-state index in [1.807, 2.05) is 32.0 Å². The Morgan fingerprint density at radius 2 is 1.52 bits per heavy atom. The Morgan fingerprint density at radius 3 is 2.20 bits per heavy atom. The van der Waals surface area contributed by atoms with E-state index < -0.39 is 17.1 Å². The molecule has 1 saturated heterocycles. The number of thioether (sulfide) groups is 1. The third-order valence-corrected chi connectivity index (χ3v) is 9.00. The van der Waals surface area contributed by atoms with Crippen molar-refractivity contribution in [1.82, 2.24) is 5.32 Å². The van der Waals surface area contributed by atoms with Crippen molar-refractivity contribution in [2.24, 2.45) is 0 Å². The summed E-state index contributed by atoms with van der Waals surface area (Å²) in [6.07, 6.45) is 1.55. The lowest BCUT2D eigenvalue weighted by Gasteiger charge is -2.19. The average Bonchev–Trinajstić information content (AvgIpc) is 3.28. The minimum Gasteiger partial charge on any atom is -0.321 e. The molecule has 1 fully saturated rings. The first-order valence-corrected chi connectivity index (χ1v) is 15.3. The molecule has 0 aromatic heterocycles. The smallest absolute Gasteiger partial charge is 0.272 e. The van der Waals surface area contributed by atoms with Crippen molar-refractivity contribution in [3.8, 4) is 0 Å². The number of amides is 4. The highest BCUT2D eigenvalue weighted by atomic mass is 35.5. The van der Waals surface area contributed by atoms with Crippen LogP contribution < -0.4 is 15.5 Å². The van der Waals surface area contributed by atoms with Crippen LogP contribution in [0.25, 0.3) is 6.08 Å². The van der Waals surface area contributed by atoms with Crippen molar-refractivity contribution >= 4 is 76.0 Å². The lowest BCUT2D eigenvalue weighted by atomic mass is 10.1. The van der Waals surface area contributed by atoms with Crippen molar-refractivity contribution in [1.29, 1.82) is 0 Å². The lowest BCUT2D eigenvalue weighted by molar-refractivity contribution is -0.121. The Kier molecular flexibility index (Phi) is 9.54. The summed E-state index contributed by atoms with van der Waals surface area (Å²) in [5.74, 6) is -1.53. The van der Waals surface area contributed by atoms with Gasteiger partial charge in [-0.25, -0.2) is 4.90 Å². The molecule has 0 radical (unpaired) electrons. The second-order valence-corrected chi connectivity index (χ2v) is 12.2. The van der Waals surface area contributed by atoms with Crippen LogP contribution in [0, 0.1) is 13.8 Å². The fourth-order valence-electron chi connectivity index (χ4n) is 4.80. The van der Waals surface area contributed by atoms with Gasteiger partial charge in [-0.3, -0.25) is 19.2 Å². The molecule has 1 aliphatic heterocycles. The Hall–Kier alpha value is -4.37. The Bertz CT molecular complexity index is 1770. The number of carbonyl (C=O) groups excluding carboxylic acids is 4. The molecular weight excluding hydrogens is 617 g/mol. The van der Waals surface area contributed by atoms with Gasteiger partial charge in [-0.15, -0.1) is 11.8 Å². The van der Waals surface area contributed by atoms with Crippen LogP contribution in [-0.4, -0.2) is 28.9 Å². The van der Waals surface area contributed by atoms with E-state index in [0.717, 1.165) is 16.0 Å². The van der Waals surface area contributed by atoms with E-state index in [-0.39, 0.29) is 29.0 Å². The van der Waals surface area contributed by atoms with E-state index >= 15 is 0 Å². The number of nitrogens with zero attached hydrogens (tertiary/aromatic N) is 1. The van der Waals surface area contributed by atoms with Crippen LogP contribution in [0.5, 0.6) is 0 Å². The van der Waals surface area contributed by atoms with Gasteiger partial charge in [0.15, 0.2) is 0 Å². The normalized spacial score (nSPS) is 15.0. The molecule has 0 bridgehead atoms. The summed E-state index contributed by atoms with van der Waals surface area (Å²) in [5.41, 5.74) is 3.62. The largest absolute Gasteiger partial charge is 0.321 e. The van der Waals surface area contributed by atoms with Crippen LogP contribution in [0.4, 0.5) is 11.4 Å². The van der Waals surface area contributed by atoms with Gasteiger partial charge in [0, 0.05) is 22.6 Å². The van der Waals surface area contributed by atoms with Crippen LogP contribution in [0.1, 0.15) is 33.5 Å². The summed E-state index contributed by atoms with van der Waals surface area (Å²) in [6, 6.07) is 26.1. The molecule has 1 atom stereocenters. The molecule has 4 aromatic carbocycles.